The van der Waals surface area contributed by atoms with Gasteiger partial charge in [-0.1, -0.05) is 54.6 Å². The summed E-state index contributed by atoms with van der Waals surface area (Å²) in [6.07, 6.45) is 0.350. The molecule has 1 fully saturated rings. The van der Waals surface area contributed by atoms with Crippen molar-refractivity contribution in [1.82, 2.24) is 15.8 Å². The number of carbonyl (C=O) groups excluding carboxylic acids is 3. The van der Waals surface area contributed by atoms with Gasteiger partial charge >= 0.3 is 0 Å². The number of hydrogen-bond donors (Lipinski definition) is 2. The zero-order valence-corrected chi connectivity index (χ0v) is 15.3. The van der Waals surface area contributed by atoms with Crippen molar-refractivity contribution in [1.29, 1.82) is 0 Å². The molecule has 2 N–H and O–H groups in total. The number of rotatable bonds is 5. The average Bonchev–Trinajstić information content (AvgIpc) is 3.03. The first-order valence-corrected chi connectivity index (χ1v) is 8.98. The van der Waals surface area contributed by atoms with Crippen LogP contribution in [0.25, 0.3) is 0 Å². The topological polar surface area (TPSA) is 78.5 Å². The number of benzene rings is 2. The van der Waals surface area contributed by atoms with Gasteiger partial charge in [-0.05, 0) is 23.6 Å². The Kier molecular flexibility index (Phi) is 5.86. The minimum absolute atomic E-state index is 0.0507. The fourth-order valence-corrected chi connectivity index (χ4v) is 3.16. The maximum atomic E-state index is 12.3. The lowest BCUT2D eigenvalue weighted by molar-refractivity contribution is -0.131. The second-order valence-corrected chi connectivity index (χ2v) is 6.80. The summed E-state index contributed by atoms with van der Waals surface area (Å²) in [5, 5.41) is 0. The van der Waals surface area contributed by atoms with E-state index in [4.69, 9.17) is 0 Å². The highest BCUT2D eigenvalue weighted by Crippen LogP contribution is 2.20. The Morgan fingerprint density at radius 3 is 2.48 bits per heavy atom. The summed E-state index contributed by atoms with van der Waals surface area (Å²) in [6.45, 7) is 2.78. The van der Waals surface area contributed by atoms with E-state index in [-0.39, 0.29) is 30.6 Å². The molecule has 0 radical (unpaired) electrons. The zero-order valence-electron chi connectivity index (χ0n) is 15.3. The van der Waals surface area contributed by atoms with Gasteiger partial charge in [-0.25, -0.2) is 0 Å². The number of aryl methyl sites for hydroxylation is 1. The van der Waals surface area contributed by atoms with Gasteiger partial charge in [0.1, 0.15) is 0 Å². The highest BCUT2D eigenvalue weighted by molar-refractivity contribution is 5.90. The summed E-state index contributed by atoms with van der Waals surface area (Å²) < 4.78 is 0. The normalized spacial score (nSPS) is 16.3. The van der Waals surface area contributed by atoms with Crippen LogP contribution in [0, 0.1) is 12.8 Å². The van der Waals surface area contributed by atoms with Crippen molar-refractivity contribution in [3.63, 3.8) is 0 Å². The molecule has 2 aromatic rings. The zero-order chi connectivity index (χ0) is 19.2. The van der Waals surface area contributed by atoms with E-state index in [1.165, 1.54) is 0 Å². The first-order valence-electron chi connectivity index (χ1n) is 8.98. The molecule has 27 heavy (non-hydrogen) atoms. The molecule has 1 saturated heterocycles. The first kappa shape index (κ1) is 18.6. The molecule has 1 heterocycles. The summed E-state index contributed by atoms with van der Waals surface area (Å²) in [4.78, 5) is 38.2. The fraction of sp³-hybridized carbons (Fsp3) is 0.286. The number of amides is 3. The number of carbonyl (C=O) groups is 3. The number of likely N-dealkylation sites (tertiary alicyclic amines) is 1. The molecule has 140 valence electrons. The van der Waals surface area contributed by atoms with E-state index >= 15 is 0 Å². The predicted octanol–water partition coefficient (Wildman–Crippen LogP) is 1.73. The molecule has 0 aromatic heterocycles. The predicted molar refractivity (Wildman–Crippen MR) is 101 cm³/mol. The standard InChI is InChI=1S/C21H23N3O3/c1-15-7-5-6-10-17(15)11-19(25)22-23-21(27)18-12-20(26)24(14-18)13-16-8-3-2-4-9-16/h2-10,18H,11-14H2,1H3,(H,22,25)(H,23,27). The van der Waals surface area contributed by atoms with Crippen LogP contribution in [0.1, 0.15) is 23.1 Å². The van der Waals surface area contributed by atoms with Crippen molar-refractivity contribution in [2.24, 2.45) is 5.92 Å². The third-order valence-electron chi connectivity index (χ3n) is 4.74. The fourth-order valence-electron chi connectivity index (χ4n) is 3.16. The van der Waals surface area contributed by atoms with Crippen LogP contribution in [0.3, 0.4) is 0 Å². The smallest absolute Gasteiger partial charge is 0.243 e. The van der Waals surface area contributed by atoms with E-state index in [1.807, 2.05) is 61.5 Å². The molecule has 1 aliphatic heterocycles. The molecule has 2 aromatic carbocycles. The SMILES string of the molecule is Cc1ccccc1CC(=O)NNC(=O)C1CC(=O)N(Cc2ccccc2)C1. The van der Waals surface area contributed by atoms with Crippen LogP contribution in [0.4, 0.5) is 0 Å². The molecule has 0 bridgehead atoms. The lowest BCUT2D eigenvalue weighted by Gasteiger charge is -2.17. The van der Waals surface area contributed by atoms with Gasteiger partial charge in [-0.3, -0.25) is 25.2 Å². The van der Waals surface area contributed by atoms with E-state index in [1.54, 1.807) is 4.90 Å². The Balaban J connectivity index is 1.48. The molecule has 1 unspecified atom stereocenters. The quantitative estimate of drug-likeness (QED) is 0.792. The van der Waals surface area contributed by atoms with E-state index in [9.17, 15) is 14.4 Å². The molecular formula is C21H23N3O3. The van der Waals surface area contributed by atoms with Gasteiger partial charge in [-0.2, -0.15) is 0 Å². The van der Waals surface area contributed by atoms with Crippen molar-refractivity contribution in [3.8, 4) is 0 Å². The van der Waals surface area contributed by atoms with Crippen molar-refractivity contribution in [2.45, 2.75) is 26.3 Å². The number of hydrogen-bond acceptors (Lipinski definition) is 3. The molecule has 6 nitrogen and oxygen atoms in total. The Morgan fingerprint density at radius 2 is 1.74 bits per heavy atom. The van der Waals surface area contributed by atoms with Crippen molar-refractivity contribution in [3.05, 3.63) is 71.3 Å². The molecule has 1 aliphatic rings. The Labute approximate surface area is 158 Å². The molecule has 0 aliphatic carbocycles. The van der Waals surface area contributed by atoms with Gasteiger partial charge in [0.2, 0.25) is 17.7 Å². The molecule has 1 atom stereocenters. The van der Waals surface area contributed by atoms with Crippen LogP contribution < -0.4 is 10.9 Å². The largest absolute Gasteiger partial charge is 0.338 e. The minimum Gasteiger partial charge on any atom is -0.338 e. The van der Waals surface area contributed by atoms with Gasteiger partial charge in [-0.15, -0.1) is 0 Å². The summed E-state index contributed by atoms with van der Waals surface area (Å²) >= 11 is 0. The maximum Gasteiger partial charge on any atom is 0.243 e. The molecule has 3 rings (SSSR count). The molecule has 0 spiro atoms. The monoisotopic (exact) mass is 365 g/mol. The number of hydrazine groups is 1. The second kappa shape index (κ2) is 8.49. The number of nitrogens with zero attached hydrogens (tertiary/aromatic N) is 1. The third-order valence-corrected chi connectivity index (χ3v) is 4.74. The lowest BCUT2D eigenvalue weighted by atomic mass is 10.1. The van der Waals surface area contributed by atoms with Crippen molar-refractivity contribution in [2.75, 3.05) is 6.54 Å². The van der Waals surface area contributed by atoms with Crippen molar-refractivity contribution < 1.29 is 14.4 Å². The average molecular weight is 365 g/mol. The Hall–Kier alpha value is -3.15. The van der Waals surface area contributed by atoms with Crippen LogP contribution in [-0.4, -0.2) is 29.2 Å². The lowest BCUT2D eigenvalue weighted by Crippen LogP contribution is -2.45. The first-order chi connectivity index (χ1) is 13.0. The number of nitrogens with one attached hydrogen (secondary N) is 2. The van der Waals surface area contributed by atoms with Gasteiger partial charge in [0, 0.05) is 19.5 Å². The summed E-state index contributed by atoms with van der Waals surface area (Å²) in [5.74, 6) is -1.13. The third kappa shape index (κ3) is 4.94. The van der Waals surface area contributed by atoms with Gasteiger partial charge in [0.15, 0.2) is 0 Å². The van der Waals surface area contributed by atoms with E-state index < -0.39 is 5.92 Å². The second-order valence-electron chi connectivity index (χ2n) is 6.80. The Bertz CT molecular complexity index is 836. The van der Waals surface area contributed by atoms with Crippen LogP contribution in [0.5, 0.6) is 0 Å². The minimum atomic E-state index is -0.458. The van der Waals surface area contributed by atoms with E-state index in [0.717, 1.165) is 16.7 Å². The highest BCUT2D eigenvalue weighted by atomic mass is 16.2. The van der Waals surface area contributed by atoms with Crippen LogP contribution >= 0.6 is 0 Å². The van der Waals surface area contributed by atoms with Crippen LogP contribution in [0.2, 0.25) is 0 Å². The Morgan fingerprint density at radius 1 is 1.04 bits per heavy atom. The van der Waals surface area contributed by atoms with Gasteiger partial charge < -0.3 is 4.90 Å². The van der Waals surface area contributed by atoms with Gasteiger partial charge in [0.05, 0.1) is 12.3 Å². The van der Waals surface area contributed by atoms with Crippen molar-refractivity contribution >= 4 is 17.7 Å². The summed E-state index contributed by atoms with van der Waals surface area (Å²) in [7, 11) is 0. The highest BCUT2D eigenvalue weighted by Gasteiger charge is 2.34. The maximum absolute atomic E-state index is 12.3. The van der Waals surface area contributed by atoms with Crippen LogP contribution in [-0.2, 0) is 27.3 Å². The summed E-state index contributed by atoms with van der Waals surface area (Å²) in [5.41, 5.74) is 7.86. The molecule has 3 amide bonds. The van der Waals surface area contributed by atoms with E-state index in [2.05, 4.69) is 10.9 Å². The van der Waals surface area contributed by atoms with Crippen LogP contribution in [0.15, 0.2) is 54.6 Å². The summed E-state index contributed by atoms with van der Waals surface area (Å²) in [6, 6.07) is 17.3. The molecule has 6 heteroatoms. The molecule has 0 saturated carbocycles. The molecular weight excluding hydrogens is 342 g/mol. The van der Waals surface area contributed by atoms with E-state index in [0.29, 0.717) is 13.1 Å². The van der Waals surface area contributed by atoms with Gasteiger partial charge in [0.25, 0.3) is 0 Å².